The highest BCUT2D eigenvalue weighted by atomic mass is 16.3. The molecule has 1 aliphatic carbocycles. The fraction of sp³-hybridized carbons (Fsp3) is 0.529. The van der Waals surface area contributed by atoms with Gasteiger partial charge in [-0.25, -0.2) is 0 Å². The quantitative estimate of drug-likeness (QED) is 0.873. The van der Waals surface area contributed by atoms with Crippen molar-refractivity contribution in [3.05, 3.63) is 36.1 Å². The second-order valence-electron chi connectivity index (χ2n) is 5.78. The minimum absolute atomic E-state index is 0.687. The van der Waals surface area contributed by atoms with Crippen molar-refractivity contribution >= 4 is 11.0 Å². The Morgan fingerprint density at radius 3 is 3.05 bits per heavy atom. The summed E-state index contributed by atoms with van der Waals surface area (Å²) in [7, 11) is 0. The molecule has 3 rings (SSSR count). The van der Waals surface area contributed by atoms with Crippen LogP contribution < -0.4 is 5.32 Å². The van der Waals surface area contributed by atoms with E-state index in [2.05, 4.69) is 24.4 Å². The van der Waals surface area contributed by atoms with Crippen LogP contribution in [0.25, 0.3) is 11.0 Å². The summed E-state index contributed by atoms with van der Waals surface area (Å²) in [5, 5.41) is 4.97. The number of benzene rings is 1. The molecular formula is C17H23NO. The molecule has 1 N–H and O–H groups in total. The Morgan fingerprint density at radius 2 is 2.16 bits per heavy atom. The van der Waals surface area contributed by atoms with Crippen molar-refractivity contribution in [2.75, 3.05) is 0 Å². The van der Waals surface area contributed by atoms with E-state index in [1.165, 1.54) is 43.1 Å². The molecule has 0 radical (unpaired) electrons. The third kappa shape index (κ3) is 2.84. The first-order valence-corrected chi connectivity index (χ1v) is 7.55. The van der Waals surface area contributed by atoms with Crippen LogP contribution in [0.5, 0.6) is 0 Å². The molecule has 0 amide bonds. The fourth-order valence-electron chi connectivity index (χ4n) is 3.27. The third-order valence-corrected chi connectivity index (χ3v) is 4.50. The van der Waals surface area contributed by atoms with Crippen LogP contribution >= 0.6 is 0 Å². The van der Waals surface area contributed by atoms with Gasteiger partial charge in [-0.3, -0.25) is 0 Å². The molecule has 102 valence electrons. The van der Waals surface area contributed by atoms with Crippen LogP contribution in [0.3, 0.4) is 0 Å². The van der Waals surface area contributed by atoms with E-state index >= 15 is 0 Å². The molecule has 19 heavy (non-hydrogen) atoms. The monoisotopic (exact) mass is 257 g/mol. The van der Waals surface area contributed by atoms with Crippen LogP contribution in [0.1, 0.15) is 44.6 Å². The first-order valence-electron chi connectivity index (χ1n) is 7.55. The molecular weight excluding hydrogens is 234 g/mol. The number of hydrogen-bond donors (Lipinski definition) is 1. The topological polar surface area (TPSA) is 25.2 Å². The van der Waals surface area contributed by atoms with Gasteiger partial charge in [-0.05, 0) is 24.8 Å². The summed E-state index contributed by atoms with van der Waals surface area (Å²) < 4.78 is 5.59. The van der Waals surface area contributed by atoms with E-state index in [0.29, 0.717) is 6.04 Å². The van der Waals surface area contributed by atoms with Gasteiger partial charge < -0.3 is 9.73 Å². The molecule has 0 aliphatic heterocycles. The minimum Gasteiger partial charge on any atom is -0.464 e. The standard InChI is InChI=1S/C17H23NO/c1-2-13-6-5-7-15(10-13)18-11-14-12-19-17-9-4-3-8-16(14)17/h3-4,8-9,12-13,15,18H,2,5-7,10-11H2,1H3. The van der Waals surface area contributed by atoms with E-state index in [4.69, 9.17) is 4.42 Å². The zero-order valence-corrected chi connectivity index (χ0v) is 11.7. The summed E-state index contributed by atoms with van der Waals surface area (Å²) >= 11 is 0. The molecule has 2 heteroatoms. The molecule has 2 nitrogen and oxygen atoms in total. The van der Waals surface area contributed by atoms with Gasteiger partial charge in [-0.2, -0.15) is 0 Å². The third-order valence-electron chi connectivity index (χ3n) is 4.50. The summed E-state index contributed by atoms with van der Waals surface area (Å²) in [6, 6.07) is 8.97. The Kier molecular flexibility index (Phi) is 3.88. The smallest absolute Gasteiger partial charge is 0.134 e. The molecule has 1 aliphatic rings. The van der Waals surface area contributed by atoms with Crippen molar-refractivity contribution in [3.63, 3.8) is 0 Å². The molecule has 1 aromatic heterocycles. The lowest BCUT2D eigenvalue weighted by Gasteiger charge is -2.29. The zero-order valence-electron chi connectivity index (χ0n) is 11.7. The molecule has 1 aromatic carbocycles. The summed E-state index contributed by atoms with van der Waals surface area (Å²) in [6.07, 6.45) is 8.69. The molecule has 0 saturated heterocycles. The summed E-state index contributed by atoms with van der Waals surface area (Å²) in [5.41, 5.74) is 2.28. The second kappa shape index (κ2) is 5.79. The van der Waals surface area contributed by atoms with Gasteiger partial charge in [0.1, 0.15) is 5.58 Å². The van der Waals surface area contributed by atoms with E-state index in [-0.39, 0.29) is 0 Å². The maximum absolute atomic E-state index is 5.59. The molecule has 1 heterocycles. The molecule has 2 unspecified atom stereocenters. The molecule has 0 bridgehead atoms. The van der Waals surface area contributed by atoms with Crippen molar-refractivity contribution < 1.29 is 4.42 Å². The number of para-hydroxylation sites is 1. The number of hydrogen-bond acceptors (Lipinski definition) is 2. The molecule has 1 fully saturated rings. The van der Waals surface area contributed by atoms with E-state index in [1.807, 2.05) is 18.4 Å². The lowest BCUT2D eigenvalue weighted by atomic mass is 9.84. The first-order chi connectivity index (χ1) is 9.36. The molecule has 0 spiro atoms. The highest BCUT2D eigenvalue weighted by Gasteiger charge is 2.20. The molecule has 2 aromatic rings. The Bertz CT molecular complexity index is 531. The Balaban J connectivity index is 1.63. The van der Waals surface area contributed by atoms with E-state index < -0.39 is 0 Å². The van der Waals surface area contributed by atoms with Crippen LogP contribution in [0.4, 0.5) is 0 Å². The van der Waals surface area contributed by atoms with Crippen molar-refractivity contribution in [2.24, 2.45) is 5.92 Å². The maximum Gasteiger partial charge on any atom is 0.134 e. The van der Waals surface area contributed by atoms with Gasteiger partial charge in [0.15, 0.2) is 0 Å². The highest BCUT2D eigenvalue weighted by molar-refractivity contribution is 5.80. The predicted molar refractivity (Wildman–Crippen MR) is 79.1 cm³/mol. The van der Waals surface area contributed by atoms with Crippen molar-refractivity contribution in [1.29, 1.82) is 0 Å². The van der Waals surface area contributed by atoms with Gasteiger partial charge in [-0.1, -0.05) is 44.4 Å². The van der Waals surface area contributed by atoms with Crippen LogP contribution in [0.15, 0.2) is 34.9 Å². The Morgan fingerprint density at radius 1 is 1.26 bits per heavy atom. The van der Waals surface area contributed by atoms with Gasteiger partial charge in [0.05, 0.1) is 6.26 Å². The van der Waals surface area contributed by atoms with Crippen LogP contribution in [-0.2, 0) is 6.54 Å². The number of fused-ring (bicyclic) bond motifs is 1. The number of rotatable bonds is 4. The Hall–Kier alpha value is -1.28. The lowest BCUT2D eigenvalue weighted by Crippen LogP contribution is -2.33. The van der Waals surface area contributed by atoms with Crippen LogP contribution in [0.2, 0.25) is 0 Å². The average molecular weight is 257 g/mol. The second-order valence-corrected chi connectivity index (χ2v) is 5.78. The van der Waals surface area contributed by atoms with Crippen LogP contribution in [0, 0.1) is 5.92 Å². The number of furan rings is 1. The molecule has 2 atom stereocenters. The predicted octanol–water partition coefficient (Wildman–Crippen LogP) is 4.49. The zero-order chi connectivity index (χ0) is 13.1. The first kappa shape index (κ1) is 12.7. The van der Waals surface area contributed by atoms with Crippen molar-refractivity contribution in [3.8, 4) is 0 Å². The maximum atomic E-state index is 5.59. The summed E-state index contributed by atoms with van der Waals surface area (Å²) in [4.78, 5) is 0. The molecule has 1 saturated carbocycles. The normalized spacial score (nSPS) is 23.8. The largest absolute Gasteiger partial charge is 0.464 e. The van der Waals surface area contributed by atoms with Crippen LogP contribution in [-0.4, -0.2) is 6.04 Å². The number of nitrogens with one attached hydrogen (secondary N) is 1. The van der Waals surface area contributed by atoms with Gasteiger partial charge in [0, 0.05) is 23.5 Å². The Labute approximate surface area is 115 Å². The van der Waals surface area contributed by atoms with E-state index in [1.54, 1.807) is 0 Å². The van der Waals surface area contributed by atoms with E-state index in [9.17, 15) is 0 Å². The summed E-state index contributed by atoms with van der Waals surface area (Å²) in [6.45, 7) is 3.24. The highest BCUT2D eigenvalue weighted by Crippen LogP contribution is 2.27. The van der Waals surface area contributed by atoms with E-state index in [0.717, 1.165) is 18.0 Å². The van der Waals surface area contributed by atoms with Gasteiger partial charge in [0.2, 0.25) is 0 Å². The van der Waals surface area contributed by atoms with Gasteiger partial charge in [-0.15, -0.1) is 0 Å². The lowest BCUT2D eigenvalue weighted by molar-refractivity contribution is 0.278. The van der Waals surface area contributed by atoms with Gasteiger partial charge in [0.25, 0.3) is 0 Å². The van der Waals surface area contributed by atoms with Crippen molar-refractivity contribution in [1.82, 2.24) is 5.32 Å². The minimum atomic E-state index is 0.687. The average Bonchev–Trinajstić information content (AvgIpc) is 2.89. The fourth-order valence-corrected chi connectivity index (χ4v) is 3.27. The van der Waals surface area contributed by atoms with Gasteiger partial charge >= 0.3 is 0 Å². The summed E-state index contributed by atoms with van der Waals surface area (Å²) in [5.74, 6) is 0.923. The van der Waals surface area contributed by atoms with Crippen molar-refractivity contribution in [2.45, 2.75) is 51.6 Å². The SMILES string of the molecule is CCC1CCCC(NCc2coc3ccccc23)C1.